The smallest absolute Gasteiger partial charge is 0.364 e. The number of carboxylic acid groups (broad SMARTS) is 1. The van der Waals surface area contributed by atoms with Gasteiger partial charge in [-0.15, -0.1) is 0 Å². The summed E-state index contributed by atoms with van der Waals surface area (Å²) in [5.74, 6) is -8.29. The number of nitrogens with one attached hydrogen (secondary N) is 3. The first-order valence-electron chi connectivity index (χ1n) is 32.5. The molecule has 7 heterocycles. The van der Waals surface area contributed by atoms with Crippen LogP contribution in [0.1, 0.15) is 34.1 Å². The maximum absolute atomic E-state index is 13.4. The Kier molecular flexibility index (Phi) is 31.7. The average molecular weight is 1510 g/mol. The van der Waals surface area contributed by atoms with Gasteiger partial charge >= 0.3 is 5.97 Å². The molecule has 46 heteroatoms. The zero-order valence-electron chi connectivity index (χ0n) is 55.4. The number of aliphatic carboxylic acids is 1. The number of rotatable bonds is 31. The lowest BCUT2D eigenvalue weighted by atomic mass is 9.88. The van der Waals surface area contributed by atoms with Gasteiger partial charge in [-0.2, -0.15) is 0 Å². The van der Waals surface area contributed by atoms with Crippen LogP contribution in [-0.4, -0.2) is 449 Å². The van der Waals surface area contributed by atoms with E-state index >= 15 is 0 Å². The number of carboxylic acids is 1. The van der Waals surface area contributed by atoms with Gasteiger partial charge < -0.3 is 210 Å². The van der Waals surface area contributed by atoms with E-state index in [4.69, 9.17) is 66.3 Å². The third kappa shape index (κ3) is 19.7. The molecule has 0 radical (unpaired) electrons. The maximum Gasteiger partial charge on any atom is 0.364 e. The molecule has 0 unspecified atom stereocenters. The summed E-state index contributed by atoms with van der Waals surface area (Å²) in [6, 6.07) is -5.83. The molecule has 598 valence electrons. The van der Waals surface area contributed by atoms with E-state index in [0.717, 1.165) is 20.8 Å². The van der Waals surface area contributed by atoms with Gasteiger partial charge in [-0.3, -0.25) is 14.4 Å². The van der Waals surface area contributed by atoms with Crippen LogP contribution < -0.4 is 16.0 Å². The Bertz CT molecular complexity index is 2670. The van der Waals surface area contributed by atoms with Crippen LogP contribution in [0.4, 0.5) is 0 Å². The molecule has 0 bridgehead atoms. The van der Waals surface area contributed by atoms with Crippen molar-refractivity contribution in [3.63, 3.8) is 0 Å². The highest BCUT2D eigenvalue weighted by atomic mass is 16.8. The van der Waals surface area contributed by atoms with Crippen LogP contribution in [0.2, 0.25) is 0 Å². The Morgan fingerprint density at radius 3 is 1.37 bits per heavy atom. The minimum Gasteiger partial charge on any atom is -0.477 e. The van der Waals surface area contributed by atoms with Gasteiger partial charge in [-0.1, -0.05) is 0 Å². The molecule has 7 fully saturated rings. The molecule has 7 saturated heterocycles. The Morgan fingerprint density at radius 2 is 0.864 bits per heavy atom. The molecule has 7 aliphatic heterocycles. The number of hydrogen-bond donors (Lipinski definition) is 28. The summed E-state index contributed by atoms with van der Waals surface area (Å²) in [5, 5.41) is 279. The van der Waals surface area contributed by atoms with E-state index in [1.54, 1.807) is 0 Å². The lowest BCUT2D eigenvalue weighted by Crippen LogP contribution is -2.71. The molecule has 0 saturated carbocycles. The second kappa shape index (κ2) is 37.7. The highest BCUT2D eigenvalue weighted by Gasteiger charge is 2.61. The summed E-state index contributed by atoms with van der Waals surface area (Å²) in [6.07, 6.45) is -78.8. The van der Waals surface area contributed by atoms with Crippen molar-refractivity contribution in [1.29, 1.82) is 0 Å². The Labute approximate surface area is 583 Å². The van der Waals surface area contributed by atoms with Crippen molar-refractivity contribution in [3.05, 3.63) is 0 Å². The standard InChI is InChI=1S/C57H97N3O43/c1-14-30(74)37(81)40(84)52(92-14)101-48-29(60-17(4)69)50(95-24(11-66)45(48)99-53-41(85)38(82)33(77)22(9-64)93-53)90-12-25-36(80)49(43(87)55(97-25)98-44(21(73)8-63)31(75)19(71)6-61)102-51-28(59-16(3)68)46(100-54-42(86)39(83)34(78)23(10-65)94-54)35(79)26(96-51)13-91-57(56(88)89)5-18(70)27(58-15(2)67)47(103-57)32(76)20(72)7-62/h14,18-55,61-66,70-87H,5-13H2,1-4H3,(H,58,67)(H,59,68)(H,60,69)(H,88,89)/t14-,18-,19-,20+,21+,22+,23+,24+,25+,26+,27+,28+,29+,30+,31+,32+,33-,34-,35+,36-,37+,38-,39-,40-,41+,42+,43+,44+,45+,46+,47+,48+,49-,50+,51-,52-,53-,54-,55-,57+/m0/s1. The van der Waals surface area contributed by atoms with Gasteiger partial charge in [0, 0.05) is 27.2 Å². The molecule has 0 aliphatic carbocycles. The fraction of sp³-hybridized carbons (Fsp3) is 0.930. The van der Waals surface area contributed by atoms with Gasteiger partial charge in [0.2, 0.25) is 17.7 Å². The van der Waals surface area contributed by atoms with Crippen molar-refractivity contribution in [3.8, 4) is 0 Å². The van der Waals surface area contributed by atoms with Crippen molar-refractivity contribution in [1.82, 2.24) is 16.0 Å². The lowest BCUT2D eigenvalue weighted by molar-refractivity contribution is -0.384. The molecule has 0 aromatic heterocycles. The second-order valence-corrected chi connectivity index (χ2v) is 25.8. The van der Waals surface area contributed by atoms with Crippen LogP contribution in [0, 0.1) is 0 Å². The van der Waals surface area contributed by atoms with E-state index in [-0.39, 0.29) is 0 Å². The Morgan fingerprint density at radius 1 is 0.437 bits per heavy atom. The average Bonchev–Trinajstić information content (AvgIpc) is 0.770. The van der Waals surface area contributed by atoms with E-state index < -0.39 is 328 Å². The number of aliphatic hydroxyl groups excluding tert-OH is 24. The number of hydrogen-bond acceptors (Lipinski definition) is 42. The highest BCUT2D eigenvalue weighted by Crippen LogP contribution is 2.40. The van der Waals surface area contributed by atoms with Gasteiger partial charge in [0.15, 0.2) is 37.7 Å². The fourth-order valence-electron chi connectivity index (χ4n) is 12.7. The summed E-state index contributed by atoms with van der Waals surface area (Å²) < 4.78 is 83.0. The molecule has 0 aromatic carbocycles. The van der Waals surface area contributed by atoms with Crippen LogP contribution in [0.25, 0.3) is 0 Å². The third-order valence-corrected chi connectivity index (χ3v) is 18.4. The van der Waals surface area contributed by atoms with Gasteiger partial charge in [-0.25, -0.2) is 4.79 Å². The Balaban J connectivity index is 1.32. The van der Waals surface area contributed by atoms with Crippen molar-refractivity contribution < 1.29 is 213 Å². The van der Waals surface area contributed by atoms with Crippen LogP contribution >= 0.6 is 0 Å². The van der Waals surface area contributed by atoms with Crippen LogP contribution in [-0.2, 0) is 85.5 Å². The van der Waals surface area contributed by atoms with Crippen LogP contribution in [0.3, 0.4) is 0 Å². The quantitative estimate of drug-likeness (QED) is 0.0306. The number of carbonyl (C=O) groups is 4. The monoisotopic (exact) mass is 1510 g/mol. The van der Waals surface area contributed by atoms with Crippen molar-refractivity contribution in [2.45, 2.75) is 279 Å². The van der Waals surface area contributed by atoms with Gasteiger partial charge in [-0.05, 0) is 6.92 Å². The molecule has 3 amide bonds. The van der Waals surface area contributed by atoms with Crippen LogP contribution in [0.15, 0.2) is 0 Å². The van der Waals surface area contributed by atoms with Crippen molar-refractivity contribution in [2.75, 3.05) is 52.9 Å². The van der Waals surface area contributed by atoms with Crippen molar-refractivity contribution in [2.24, 2.45) is 0 Å². The number of carbonyl (C=O) groups excluding carboxylic acids is 3. The third-order valence-electron chi connectivity index (χ3n) is 18.4. The van der Waals surface area contributed by atoms with Crippen LogP contribution in [0.5, 0.6) is 0 Å². The number of ether oxygens (including phenoxy) is 14. The summed E-state index contributed by atoms with van der Waals surface area (Å²) in [7, 11) is 0. The zero-order chi connectivity index (χ0) is 76.7. The second-order valence-electron chi connectivity index (χ2n) is 25.8. The largest absolute Gasteiger partial charge is 0.477 e. The Hall–Kier alpha value is -3.64. The van der Waals surface area contributed by atoms with Gasteiger partial charge in [0.05, 0.1) is 71.1 Å². The summed E-state index contributed by atoms with van der Waals surface area (Å²) in [4.78, 5) is 52.3. The number of aliphatic hydroxyl groups is 24. The fourth-order valence-corrected chi connectivity index (χ4v) is 12.7. The zero-order valence-corrected chi connectivity index (χ0v) is 55.4. The minimum absolute atomic E-state index is 0.855. The van der Waals surface area contributed by atoms with Gasteiger partial charge in [0.1, 0.15) is 183 Å². The topological polar surface area (TPSA) is 739 Å². The molecule has 0 spiro atoms. The first kappa shape index (κ1) is 86.6. The summed E-state index contributed by atoms with van der Waals surface area (Å²) in [6.45, 7) is -5.64. The van der Waals surface area contributed by atoms with E-state index in [1.165, 1.54) is 6.92 Å². The maximum atomic E-state index is 13.4. The number of amides is 3. The van der Waals surface area contributed by atoms with Gasteiger partial charge in [0.25, 0.3) is 5.79 Å². The SMILES string of the molecule is CC(=O)N[C@H]1[C@H](OC[C@H]2O[C@@H](O[C@@H]([C@H](O)[C@@H](O)CO)[C@H](O)CO)[C@H](O)[C@@H](O[C@@H]3O[C@H](CO[C@]4(C(=O)O)C[C@H](O)[C@@H](NC(C)=O)[C@H]([C@H](O)[C@H](O)CO)O4)[C@@H](O)[C@H](O[C@@H]4O[C@H](CO)[C@H](O)[C@H](O)[C@H]4O)[C@H]3NC(C)=O)[C@H]2O)O[C@H](CO)[C@@H](O[C@@H]2O[C@H](CO)[C@H](O)[C@H](O)[C@H]2O)[C@@H]1O[C@@H]1O[C@@H](C)[C@@H](O)[C@@H](O)[C@@H]1O. The summed E-state index contributed by atoms with van der Waals surface area (Å²) in [5.41, 5.74) is 0. The minimum atomic E-state index is -3.23. The molecular formula is C57H97N3O43. The van der Waals surface area contributed by atoms with E-state index in [2.05, 4.69) is 16.0 Å². The molecule has 7 aliphatic rings. The first-order valence-corrected chi connectivity index (χ1v) is 32.5. The molecular weight excluding hydrogens is 1410 g/mol. The molecule has 46 nitrogen and oxygen atoms in total. The molecule has 103 heavy (non-hydrogen) atoms. The molecule has 7 rings (SSSR count). The normalized spacial score (nSPS) is 45.1. The summed E-state index contributed by atoms with van der Waals surface area (Å²) >= 11 is 0. The predicted molar refractivity (Wildman–Crippen MR) is 317 cm³/mol. The highest BCUT2D eigenvalue weighted by molar-refractivity contribution is 5.77. The molecule has 28 N–H and O–H groups in total. The molecule has 0 aromatic rings. The lowest BCUT2D eigenvalue weighted by Gasteiger charge is -2.51. The predicted octanol–water partition coefficient (Wildman–Crippen LogP) is -18.2. The van der Waals surface area contributed by atoms with E-state index in [1.807, 2.05) is 0 Å². The molecule has 40 atom stereocenters. The van der Waals surface area contributed by atoms with Crippen molar-refractivity contribution >= 4 is 23.7 Å². The first-order chi connectivity index (χ1) is 48.4. The van der Waals surface area contributed by atoms with E-state index in [9.17, 15) is 147 Å². The van der Waals surface area contributed by atoms with E-state index in [0.29, 0.717) is 0 Å².